The Balaban J connectivity index is 3.98. The molecule has 0 aromatic rings. The summed E-state index contributed by atoms with van der Waals surface area (Å²) < 4.78 is 4.84. The highest BCUT2D eigenvalue weighted by atomic mass is 16.5. The van der Waals surface area contributed by atoms with E-state index in [1.807, 2.05) is 19.0 Å². The highest BCUT2D eigenvalue weighted by molar-refractivity contribution is 5.83. The maximum Gasteiger partial charge on any atom is 0.326 e. The Bertz CT molecular complexity index is 244. The van der Waals surface area contributed by atoms with Crippen molar-refractivity contribution >= 4 is 11.9 Å². The van der Waals surface area contributed by atoms with E-state index in [0.29, 0.717) is 32.4 Å². The molecular weight excluding hydrogens is 224 g/mol. The Labute approximate surface area is 102 Å². The van der Waals surface area contributed by atoms with Gasteiger partial charge in [0.15, 0.2) is 0 Å². The number of nitrogens with zero attached hydrogens (tertiary/aromatic N) is 1. The largest absolute Gasteiger partial charge is 0.480 e. The third-order valence-corrected chi connectivity index (χ3v) is 2.26. The topological polar surface area (TPSA) is 78.9 Å². The van der Waals surface area contributed by atoms with Gasteiger partial charge < -0.3 is 20.1 Å². The number of ether oxygens (including phenoxy) is 1. The number of carbonyl (C=O) groups is 2. The monoisotopic (exact) mass is 246 g/mol. The summed E-state index contributed by atoms with van der Waals surface area (Å²) >= 11 is 0. The molecule has 0 aliphatic heterocycles. The second-order valence-corrected chi connectivity index (χ2v) is 4.15. The maximum atomic E-state index is 11.5. The van der Waals surface area contributed by atoms with Crippen LogP contribution in [-0.2, 0) is 14.3 Å². The van der Waals surface area contributed by atoms with E-state index in [1.165, 1.54) is 0 Å². The van der Waals surface area contributed by atoms with E-state index in [-0.39, 0.29) is 5.91 Å². The molecule has 0 fully saturated rings. The molecule has 2 N–H and O–H groups in total. The first-order valence-electron chi connectivity index (χ1n) is 5.63. The van der Waals surface area contributed by atoms with Crippen LogP contribution in [0.15, 0.2) is 0 Å². The number of aliphatic carboxylic acids is 1. The number of carboxylic acid groups (broad SMARTS) is 1. The van der Waals surface area contributed by atoms with Crippen molar-refractivity contribution in [3.05, 3.63) is 0 Å². The Hall–Kier alpha value is -1.14. The first-order valence-corrected chi connectivity index (χ1v) is 5.63. The van der Waals surface area contributed by atoms with E-state index in [4.69, 9.17) is 9.84 Å². The molecule has 0 aromatic heterocycles. The average molecular weight is 246 g/mol. The molecule has 6 heteroatoms. The summed E-state index contributed by atoms with van der Waals surface area (Å²) in [6, 6.07) is -0.820. The summed E-state index contributed by atoms with van der Waals surface area (Å²) in [5.74, 6) is -1.23. The van der Waals surface area contributed by atoms with Gasteiger partial charge in [-0.2, -0.15) is 0 Å². The van der Waals surface area contributed by atoms with Crippen LogP contribution in [-0.4, -0.2) is 62.3 Å². The lowest BCUT2D eigenvalue weighted by molar-refractivity contribution is -0.142. The van der Waals surface area contributed by atoms with E-state index >= 15 is 0 Å². The second-order valence-electron chi connectivity index (χ2n) is 4.15. The van der Waals surface area contributed by atoms with Gasteiger partial charge in [-0.15, -0.1) is 0 Å². The molecular formula is C11H22N2O4. The number of carbonyl (C=O) groups excluding carboxylic acids is 1. The van der Waals surface area contributed by atoms with Crippen molar-refractivity contribution in [2.45, 2.75) is 25.3 Å². The van der Waals surface area contributed by atoms with Gasteiger partial charge in [-0.25, -0.2) is 4.79 Å². The fourth-order valence-electron chi connectivity index (χ4n) is 1.28. The van der Waals surface area contributed by atoms with Gasteiger partial charge >= 0.3 is 5.97 Å². The number of hydrogen-bond donors (Lipinski definition) is 2. The molecule has 0 heterocycles. The molecule has 1 unspecified atom stereocenters. The normalized spacial score (nSPS) is 12.5. The molecule has 0 bridgehead atoms. The molecule has 0 aliphatic rings. The highest BCUT2D eigenvalue weighted by Gasteiger charge is 2.19. The van der Waals surface area contributed by atoms with Gasteiger partial charge in [0.2, 0.25) is 5.91 Å². The molecule has 6 nitrogen and oxygen atoms in total. The molecule has 100 valence electrons. The summed E-state index contributed by atoms with van der Waals surface area (Å²) in [7, 11) is 5.28. The lowest BCUT2D eigenvalue weighted by Gasteiger charge is -2.15. The van der Waals surface area contributed by atoms with Gasteiger partial charge in [0.1, 0.15) is 6.04 Å². The average Bonchev–Trinajstić information content (AvgIpc) is 2.25. The van der Waals surface area contributed by atoms with Gasteiger partial charge in [0.25, 0.3) is 0 Å². The second kappa shape index (κ2) is 8.95. The molecule has 1 amide bonds. The van der Waals surface area contributed by atoms with Crippen LogP contribution in [0.4, 0.5) is 0 Å². The standard InChI is InChI=1S/C11H22N2O4/c1-13(2)7-6-10(14)12-9(11(15)16)5-4-8-17-3/h9H,4-8H2,1-3H3,(H,12,14)(H,15,16). The van der Waals surface area contributed by atoms with Crippen LogP contribution >= 0.6 is 0 Å². The van der Waals surface area contributed by atoms with Crippen molar-refractivity contribution in [1.29, 1.82) is 0 Å². The van der Waals surface area contributed by atoms with Crippen LogP contribution < -0.4 is 5.32 Å². The van der Waals surface area contributed by atoms with Gasteiger partial charge in [-0.1, -0.05) is 0 Å². The zero-order valence-corrected chi connectivity index (χ0v) is 10.7. The molecule has 0 aromatic carbocycles. The molecule has 0 radical (unpaired) electrons. The smallest absolute Gasteiger partial charge is 0.326 e. The molecule has 0 aliphatic carbocycles. The zero-order chi connectivity index (χ0) is 13.3. The predicted molar refractivity (Wildman–Crippen MR) is 63.8 cm³/mol. The predicted octanol–water partition coefficient (Wildman–Crippen LogP) is -0.0659. The third-order valence-electron chi connectivity index (χ3n) is 2.26. The van der Waals surface area contributed by atoms with Crippen LogP contribution in [0.2, 0.25) is 0 Å². The van der Waals surface area contributed by atoms with E-state index < -0.39 is 12.0 Å². The number of hydrogen-bond acceptors (Lipinski definition) is 4. The third kappa shape index (κ3) is 8.65. The minimum Gasteiger partial charge on any atom is -0.480 e. The minimum atomic E-state index is -1.00. The molecule has 0 spiro atoms. The van der Waals surface area contributed by atoms with Gasteiger partial charge in [0, 0.05) is 26.7 Å². The number of carboxylic acids is 1. The number of amides is 1. The highest BCUT2D eigenvalue weighted by Crippen LogP contribution is 1.99. The fraction of sp³-hybridized carbons (Fsp3) is 0.818. The molecule has 17 heavy (non-hydrogen) atoms. The Morgan fingerprint density at radius 2 is 2.06 bits per heavy atom. The lowest BCUT2D eigenvalue weighted by atomic mass is 10.1. The van der Waals surface area contributed by atoms with Gasteiger partial charge in [-0.3, -0.25) is 4.79 Å². The van der Waals surface area contributed by atoms with Gasteiger partial charge in [-0.05, 0) is 26.9 Å². The van der Waals surface area contributed by atoms with Crippen LogP contribution in [0, 0.1) is 0 Å². The van der Waals surface area contributed by atoms with Crippen molar-refractivity contribution in [2.24, 2.45) is 0 Å². The van der Waals surface area contributed by atoms with E-state index in [2.05, 4.69) is 5.32 Å². The van der Waals surface area contributed by atoms with Crippen molar-refractivity contribution < 1.29 is 19.4 Å². The molecule has 0 rings (SSSR count). The zero-order valence-electron chi connectivity index (χ0n) is 10.7. The van der Waals surface area contributed by atoms with E-state index in [1.54, 1.807) is 7.11 Å². The van der Waals surface area contributed by atoms with Crippen molar-refractivity contribution in [1.82, 2.24) is 10.2 Å². The first-order chi connectivity index (χ1) is 7.97. The minimum absolute atomic E-state index is 0.233. The Kier molecular flexibility index (Phi) is 8.35. The van der Waals surface area contributed by atoms with Crippen molar-refractivity contribution in [3.63, 3.8) is 0 Å². The number of rotatable bonds is 9. The summed E-state index contributed by atoms with van der Waals surface area (Å²) in [5, 5.41) is 11.4. The molecule has 0 saturated heterocycles. The Morgan fingerprint density at radius 1 is 1.41 bits per heavy atom. The van der Waals surface area contributed by atoms with E-state index in [9.17, 15) is 9.59 Å². The van der Waals surface area contributed by atoms with Crippen LogP contribution in [0.25, 0.3) is 0 Å². The first kappa shape index (κ1) is 15.9. The summed E-state index contributed by atoms with van der Waals surface area (Å²) in [4.78, 5) is 24.2. The Morgan fingerprint density at radius 3 is 2.53 bits per heavy atom. The van der Waals surface area contributed by atoms with Crippen LogP contribution in [0.1, 0.15) is 19.3 Å². The van der Waals surface area contributed by atoms with Crippen LogP contribution in [0.5, 0.6) is 0 Å². The lowest BCUT2D eigenvalue weighted by Crippen LogP contribution is -2.41. The quantitative estimate of drug-likeness (QED) is 0.557. The summed E-state index contributed by atoms with van der Waals surface area (Å²) in [6.07, 6.45) is 1.30. The van der Waals surface area contributed by atoms with E-state index in [0.717, 1.165) is 0 Å². The fourth-order valence-corrected chi connectivity index (χ4v) is 1.28. The molecule has 0 saturated carbocycles. The van der Waals surface area contributed by atoms with Crippen molar-refractivity contribution in [3.8, 4) is 0 Å². The number of nitrogens with one attached hydrogen (secondary N) is 1. The SMILES string of the molecule is COCCCC(NC(=O)CCN(C)C)C(=O)O. The summed E-state index contributed by atoms with van der Waals surface area (Å²) in [6.45, 7) is 1.10. The summed E-state index contributed by atoms with van der Waals surface area (Å²) in [5.41, 5.74) is 0. The van der Waals surface area contributed by atoms with Gasteiger partial charge in [0.05, 0.1) is 0 Å². The molecule has 1 atom stereocenters. The maximum absolute atomic E-state index is 11.5. The number of methoxy groups -OCH3 is 1. The van der Waals surface area contributed by atoms with Crippen LogP contribution in [0.3, 0.4) is 0 Å². The van der Waals surface area contributed by atoms with Crippen molar-refractivity contribution in [2.75, 3.05) is 34.4 Å².